The number of carbonyl (C=O) groups is 1. The quantitative estimate of drug-likeness (QED) is 0.580. The number of benzene rings is 1. The molecule has 0 saturated carbocycles. The zero-order chi connectivity index (χ0) is 15.7. The Morgan fingerprint density at radius 1 is 1.10 bits per heavy atom. The number of halogens is 7. The highest BCUT2D eigenvalue weighted by atomic mass is 79.9. The average molecular weight is 365 g/mol. The molecule has 0 aliphatic rings. The molecule has 1 rings (SSSR count). The summed E-state index contributed by atoms with van der Waals surface area (Å²) in [6.45, 7) is 0. The Morgan fingerprint density at radius 2 is 1.60 bits per heavy atom. The fraction of sp³-hybridized carbons (Fsp3) is 0.364. The second kappa shape index (κ2) is 5.63. The van der Waals surface area contributed by atoms with Crippen LogP contribution in [-0.4, -0.2) is 13.1 Å². The summed E-state index contributed by atoms with van der Waals surface area (Å²) in [5, 5.41) is 0. The van der Waals surface area contributed by atoms with E-state index in [1.807, 2.05) is 0 Å². The molecule has 0 saturated heterocycles. The molecule has 0 bridgehead atoms. The van der Waals surface area contributed by atoms with Crippen molar-refractivity contribution in [3.8, 4) is 0 Å². The van der Waals surface area contributed by atoms with Gasteiger partial charge in [0.2, 0.25) is 0 Å². The monoisotopic (exact) mass is 364 g/mol. The molecule has 9 heteroatoms. The van der Waals surface area contributed by atoms with Crippen LogP contribution in [0.3, 0.4) is 0 Å². The van der Waals surface area contributed by atoms with Gasteiger partial charge >= 0.3 is 18.3 Å². The van der Waals surface area contributed by atoms with Crippen LogP contribution in [0.15, 0.2) is 16.6 Å². The molecule has 0 unspecified atom stereocenters. The number of carbonyl (C=O) groups excluding carboxylic acids is 1. The number of alkyl halides is 6. The third-order valence-electron chi connectivity index (χ3n) is 2.37. The SMILES string of the molecule is COC(=O)Cc1ccc(Br)c(C(F)(F)F)c1C(F)(F)F. The highest BCUT2D eigenvalue weighted by Gasteiger charge is 2.46. The van der Waals surface area contributed by atoms with Crippen LogP contribution >= 0.6 is 15.9 Å². The van der Waals surface area contributed by atoms with E-state index >= 15 is 0 Å². The first kappa shape index (κ1) is 16.8. The number of rotatable bonds is 2. The van der Waals surface area contributed by atoms with Crippen LogP contribution in [0.25, 0.3) is 0 Å². The van der Waals surface area contributed by atoms with Crippen molar-refractivity contribution in [2.45, 2.75) is 18.8 Å². The standard InChI is InChI=1S/C11H7BrF6O2/c1-20-7(19)4-5-2-3-6(12)9(11(16,17)18)8(5)10(13,14)15/h2-3H,4H2,1H3. The molecule has 0 heterocycles. The van der Waals surface area contributed by atoms with Crippen molar-refractivity contribution in [3.05, 3.63) is 33.3 Å². The molecule has 20 heavy (non-hydrogen) atoms. The Kier molecular flexibility index (Phi) is 4.73. The summed E-state index contributed by atoms with van der Waals surface area (Å²) in [6, 6.07) is 1.62. The first-order chi connectivity index (χ1) is 8.98. The Labute approximate surface area is 117 Å². The van der Waals surface area contributed by atoms with Crippen LogP contribution in [0, 0.1) is 0 Å². The number of ether oxygens (including phenoxy) is 1. The molecular weight excluding hydrogens is 358 g/mol. The van der Waals surface area contributed by atoms with E-state index in [1.54, 1.807) is 0 Å². The molecule has 0 atom stereocenters. The highest BCUT2D eigenvalue weighted by Crippen LogP contribution is 2.45. The molecule has 0 aliphatic heterocycles. The van der Waals surface area contributed by atoms with Gasteiger partial charge in [-0.3, -0.25) is 4.79 Å². The molecular formula is C11H7BrF6O2. The first-order valence-electron chi connectivity index (χ1n) is 5.01. The molecule has 0 aliphatic carbocycles. The summed E-state index contributed by atoms with van der Waals surface area (Å²) >= 11 is 2.46. The van der Waals surface area contributed by atoms with Crippen molar-refractivity contribution >= 4 is 21.9 Å². The van der Waals surface area contributed by atoms with Gasteiger partial charge < -0.3 is 4.74 Å². The molecule has 0 N–H and O–H groups in total. The van der Waals surface area contributed by atoms with E-state index in [0.29, 0.717) is 0 Å². The van der Waals surface area contributed by atoms with Gasteiger partial charge in [0.25, 0.3) is 0 Å². The Hall–Kier alpha value is -1.25. The minimum absolute atomic E-state index is 0.744. The van der Waals surface area contributed by atoms with Gasteiger partial charge in [-0.25, -0.2) is 0 Å². The number of hydrogen-bond acceptors (Lipinski definition) is 2. The second-order valence-electron chi connectivity index (χ2n) is 3.70. The van der Waals surface area contributed by atoms with Crippen molar-refractivity contribution in [3.63, 3.8) is 0 Å². The van der Waals surface area contributed by atoms with Crippen molar-refractivity contribution in [1.82, 2.24) is 0 Å². The van der Waals surface area contributed by atoms with Crippen LogP contribution in [0.4, 0.5) is 26.3 Å². The molecule has 2 nitrogen and oxygen atoms in total. The molecule has 112 valence electrons. The molecule has 0 spiro atoms. The van der Waals surface area contributed by atoms with Gasteiger partial charge in [-0.15, -0.1) is 0 Å². The summed E-state index contributed by atoms with van der Waals surface area (Å²) in [4.78, 5) is 11.0. The lowest BCUT2D eigenvalue weighted by Gasteiger charge is -2.20. The predicted octanol–water partition coefficient (Wildman–Crippen LogP) is 4.20. The lowest BCUT2D eigenvalue weighted by atomic mass is 9.97. The summed E-state index contributed by atoms with van der Waals surface area (Å²) in [7, 11) is 0.930. The van der Waals surface area contributed by atoms with Crippen LogP contribution in [-0.2, 0) is 28.3 Å². The van der Waals surface area contributed by atoms with E-state index in [0.717, 1.165) is 19.2 Å². The molecule has 1 aromatic rings. The maximum Gasteiger partial charge on any atom is 0.418 e. The summed E-state index contributed by atoms with van der Waals surface area (Å²) < 4.78 is 80.5. The molecule has 0 amide bonds. The van der Waals surface area contributed by atoms with Crippen LogP contribution < -0.4 is 0 Å². The molecule has 0 radical (unpaired) electrons. The third-order valence-corrected chi connectivity index (χ3v) is 3.03. The fourth-order valence-corrected chi connectivity index (χ4v) is 2.15. The van der Waals surface area contributed by atoms with Crippen molar-refractivity contribution < 1.29 is 35.9 Å². The zero-order valence-electron chi connectivity index (χ0n) is 9.82. The third kappa shape index (κ3) is 3.65. The van der Waals surface area contributed by atoms with Gasteiger partial charge in [0, 0.05) is 4.47 Å². The second-order valence-corrected chi connectivity index (χ2v) is 4.56. The van der Waals surface area contributed by atoms with Gasteiger partial charge in [-0.05, 0) is 11.6 Å². The molecule has 0 aromatic heterocycles. The normalized spacial score (nSPS) is 12.4. The lowest BCUT2D eigenvalue weighted by molar-refractivity contribution is -0.163. The molecule has 0 fully saturated rings. The largest absolute Gasteiger partial charge is 0.469 e. The number of methoxy groups -OCH3 is 1. The Bertz CT molecular complexity index is 521. The van der Waals surface area contributed by atoms with E-state index in [4.69, 9.17) is 0 Å². The maximum absolute atomic E-state index is 12.9. The van der Waals surface area contributed by atoms with Gasteiger partial charge in [-0.1, -0.05) is 22.0 Å². The van der Waals surface area contributed by atoms with E-state index in [9.17, 15) is 31.1 Å². The topological polar surface area (TPSA) is 26.3 Å². The van der Waals surface area contributed by atoms with E-state index in [2.05, 4.69) is 20.7 Å². The van der Waals surface area contributed by atoms with Gasteiger partial charge in [0.1, 0.15) is 0 Å². The number of hydrogen-bond donors (Lipinski definition) is 0. The van der Waals surface area contributed by atoms with Crippen LogP contribution in [0.2, 0.25) is 0 Å². The molecule has 1 aromatic carbocycles. The average Bonchev–Trinajstić information content (AvgIpc) is 2.27. The minimum Gasteiger partial charge on any atom is -0.469 e. The van der Waals surface area contributed by atoms with Gasteiger partial charge in [0.15, 0.2) is 0 Å². The maximum atomic E-state index is 12.9. The zero-order valence-corrected chi connectivity index (χ0v) is 11.4. The van der Waals surface area contributed by atoms with Crippen molar-refractivity contribution in [1.29, 1.82) is 0 Å². The van der Waals surface area contributed by atoms with Crippen LogP contribution in [0.1, 0.15) is 16.7 Å². The summed E-state index contributed by atoms with van der Waals surface area (Å²) in [5.74, 6) is -1.06. The smallest absolute Gasteiger partial charge is 0.418 e. The summed E-state index contributed by atoms with van der Waals surface area (Å²) in [5.41, 5.74) is -4.53. The van der Waals surface area contributed by atoms with E-state index in [-0.39, 0.29) is 0 Å². The predicted molar refractivity (Wildman–Crippen MR) is 59.9 cm³/mol. The van der Waals surface area contributed by atoms with Crippen molar-refractivity contribution in [2.75, 3.05) is 7.11 Å². The lowest BCUT2D eigenvalue weighted by Crippen LogP contribution is -2.21. The van der Waals surface area contributed by atoms with Gasteiger partial charge in [-0.2, -0.15) is 26.3 Å². The van der Waals surface area contributed by atoms with E-state index in [1.165, 1.54) is 0 Å². The number of esters is 1. The van der Waals surface area contributed by atoms with Gasteiger partial charge in [0.05, 0.1) is 24.7 Å². The fourth-order valence-electron chi connectivity index (χ4n) is 1.60. The van der Waals surface area contributed by atoms with E-state index < -0.39 is 45.9 Å². The van der Waals surface area contributed by atoms with Crippen molar-refractivity contribution in [2.24, 2.45) is 0 Å². The highest BCUT2D eigenvalue weighted by molar-refractivity contribution is 9.10. The van der Waals surface area contributed by atoms with Crippen LogP contribution in [0.5, 0.6) is 0 Å². The Balaban J connectivity index is 3.59. The summed E-state index contributed by atoms with van der Waals surface area (Å²) in [6.07, 6.45) is -11.4. The minimum atomic E-state index is -5.25. The Morgan fingerprint density at radius 3 is 2.00 bits per heavy atom. The first-order valence-corrected chi connectivity index (χ1v) is 5.80.